The molecule has 1 aromatic heterocycles. The molecule has 1 atom stereocenters. The third-order valence-corrected chi connectivity index (χ3v) is 2.86. The van der Waals surface area contributed by atoms with E-state index >= 15 is 0 Å². The monoisotopic (exact) mass is 230 g/mol. The number of hydrogen-bond acceptors (Lipinski definition) is 3. The molecular weight excluding hydrogens is 212 g/mol. The molecule has 1 unspecified atom stereocenters. The minimum atomic E-state index is 0.102. The average molecular weight is 230 g/mol. The number of aryl methyl sites for hydroxylation is 2. The molecule has 4 heteroatoms. The van der Waals surface area contributed by atoms with Gasteiger partial charge in [0.2, 0.25) is 0 Å². The lowest BCUT2D eigenvalue weighted by molar-refractivity contribution is 0.541. The van der Waals surface area contributed by atoms with Crippen LogP contribution in [0.15, 0.2) is 36.5 Å². The molecule has 1 heterocycles. The van der Waals surface area contributed by atoms with Crippen LogP contribution in [0.3, 0.4) is 0 Å². The van der Waals surface area contributed by atoms with Crippen LogP contribution < -0.4 is 11.3 Å². The van der Waals surface area contributed by atoms with E-state index in [-0.39, 0.29) is 6.04 Å². The second-order valence-electron chi connectivity index (χ2n) is 4.31. The smallest absolute Gasteiger partial charge is 0.0643 e. The maximum atomic E-state index is 5.61. The predicted molar refractivity (Wildman–Crippen MR) is 68.2 cm³/mol. The summed E-state index contributed by atoms with van der Waals surface area (Å²) in [6, 6.07) is 10.5. The maximum Gasteiger partial charge on any atom is 0.0643 e. The summed E-state index contributed by atoms with van der Waals surface area (Å²) in [5.41, 5.74) is 6.32. The Morgan fingerprint density at radius 1 is 1.29 bits per heavy atom. The Labute approximate surface area is 101 Å². The molecule has 0 saturated carbocycles. The molecule has 0 fully saturated rings. The molecule has 0 aliphatic rings. The Kier molecular flexibility index (Phi) is 3.56. The predicted octanol–water partition coefficient (Wildman–Crippen LogP) is 1.48. The molecule has 4 nitrogen and oxygen atoms in total. The lowest BCUT2D eigenvalue weighted by atomic mass is 10.0. The van der Waals surface area contributed by atoms with Gasteiger partial charge in [-0.3, -0.25) is 16.0 Å². The van der Waals surface area contributed by atoms with E-state index in [0.29, 0.717) is 0 Å². The molecule has 0 radical (unpaired) electrons. The number of nitrogens with two attached hydrogens (primary N) is 1. The minimum Gasteiger partial charge on any atom is -0.276 e. The van der Waals surface area contributed by atoms with Crippen molar-refractivity contribution in [3.8, 4) is 0 Å². The third-order valence-electron chi connectivity index (χ3n) is 2.86. The Morgan fingerprint density at radius 3 is 2.53 bits per heavy atom. The van der Waals surface area contributed by atoms with Gasteiger partial charge in [0.25, 0.3) is 0 Å². The summed E-state index contributed by atoms with van der Waals surface area (Å²) >= 11 is 0. The lowest BCUT2D eigenvalue weighted by Crippen LogP contribution is -2.29. The van der Waals surface area contributed by atoms with E-state index in [4.69, 9.17) is 5.84 Å². The topological polar surface area (TPSA) is 55.9 Å². The normalized spacial score (nSPS) is 12.6. The highest BCUT2D eigenvalue weighted by atomic mass is 15.3. The van der Waals surface area contributed by atoms with E-state index < -0.39 is 0 Å². The quantitative estimate of drug-likeness (QED) is 0.618. The molecular formula is C13H18N4. The molecule has 2 rings (SSSR count). The van der Waals surface area contributed by atoms with E-state index in [0.717, 1.165) is 12.1 Å². The maximum absolute atomic E-state index is 5.61. The summed E-state index contributed by atoms with van der Waals surface area (Å²) in [5.74, 6) is 5.61. The van der Waals surface area contributed by atoms with Crippen LogP contribution in [0.2, 0.25) is 0 Å². The van der Waals surface area contributed by atoms with Gasteiger partial charge < -0.3 is 0 Å². The number of hydrazine groups is 1. The van der Waals surface area contributed by atoms with Crippen LogP contribution >= 0.6 is 0 Å². The SMILES string of the molecule is Cc1ccc(C(Cc2ccn(C)n2)NN)cc1. The van der Waals surface area contributed by atoms with Gasteiger partial charge in [-0.25, -0.2) is 0 Å². The average Bonchev–Trinajstić information content (AvgIpc) is 2.73. The second kappa shape index (κ2) is 5.12. The number of aromatic nitrogens is 2. The van der Waals surface area contributed by atoms with Crippen LogP contribution in [-0.4, -0.2) is 9.78 Å². The van der Waals surface area contributed by atoms with Crippen LogP contribution in [0.5, 0.6) is 0 Å². The van der Waals surface area contributed by atoms with Crippen LogP contribution in [0.25, 0.3) is 0 Å². The standard InChI is InChI=1S/C13H18N4/c1-10-3-5-11(6-4-10)13(15-14)9-12-7-8-17(2)16-12/h3-8,13,15H,9,14H2,1-2H3. The van der Waals surface area contributed by atoms with Crippen molar-refractivity contribution in [2.24, 2.45) is 12.9 Å². The zero-order valence-corrected chi connectivity index (χ0v) is 10.2. The minimum absolute atomic E-state index is 0.102. The van der Waals surface area contributed by atoms with Crippen molar-refractivity contribution in [3.05, 3.63) is 53.3 Å². The number of benzene rings is 1. The van der Waals surface area contributed by atoms with E-state index in [1.807, 2.05) is 19.3 Å². The largest absolute Gasteiger partial charge is 0.276 e. The summed E-state index contributed by atoms with van der Waals surface area (Å²) in [6.45, 7) is 2.08. The molecule has 0 spiro atoms. The lowest BCUT2D eigenvalue weighted by Gasteiger charge is -2.15. The van der Waals surface area contributed by atoms with Gasteiger partial charge in [0.05, 0.1) is 11.7 Å². The fourth-order valence-electron chi connectivity index (χ4n) is 1.85. The molecule has 0 aliphatic carbocycles. The molecule has 0 aliphatic heterocycles. The summed E-state index contributed by atoms with van der Waals surface area (Å²) in [5, 5.41) is 4.36. The van der Waals surface area contributed by atoms with E-state index in [1.165, 1.54) is 11.1 Å². The fraction of sp³-hybridized carbons (Fsp3) is 0.308. The highest BCUT2D eigenvalue weighted by Gasteiger charge is 2.11. The van der Waals surface area contributed by atoms with E-state index in [1.54, 1.807) is 4.68 Å². The van der Waals surface area contributed by atoms with Gasteiger partial charge in [-0.15, -0.1) is 0 Å². The van der Waals surface area contributed by atoms with Crippen molar-refractivity contribution in [2.45, 2.75) is 19.4 Å². The van der Waals surface area contributed by atoms with Crippen LogP contribution in [0, 0.1) is 6.92 Å². The van der Waals surface area contributed by atoms with Crippen molar-refractivity contribution in [3.63, 3.8) is 0 Å². The molecule has 1 aromatic carbocycles. The van der Waals surface area contributed by atoms with Gasteiger partial charge in [-0.1, -0.05) is 29.8 Å². The van der Waals surface area contributed by atoms with Crippen molar-refractivity contribution < 1.29 is 0 Å². The van der Waals surface area contributed by atoms with Crippen LogP contribution in [0.1, 0.15) is 22.9 Å². The summed E-state index contributed by atoms with van der Waals surface area (Å²) < 4.78 is 1.80. The molecule has 90 valence electrons. The first-order valence-corrected chi connectivity index (χ1v) is 5.70. The van der Waals surface area contributed by atoms with E-state index in [9.17, 15) is 0 Å². The van der Waals surface area contributed by atoms with Gasteiger partial charge in [0.15, 0.2) is 0 Å². The number of nitrogens with zero attached hydrogens (tertiary/aromatic N) is 2. The van der Waals surface area contributed by atoms with E-state index in [2.05, 4.69) is 41.7 Å². The Morgan fingerprint density at radius 2 is 2.00 bits per heavy atom. The summed E-state index contributed by atoms with van der Waals surface area (Å²) in [7, 11) is 1.92. The van der Waals surface area contributed by atoms with Crippen molar-refractivity contribution in [2.75, 3.05) is 0 Å². The first kappa shape index (κ1) is 11.8. The molecule has 0 amide bonds. The fourth-order valence-corrected chi connectivity index (χ4v) is 1.85. The first-order valence-electron chi connectivity index (χ1n) is 5.70. The molecule has 2 aromatic rings. The van der Waals surface area contributed by atoms with Crippen molar-refractivity contribution in [1.82, 2.24) is 15.2 Å². The summed E-state index contributed by atoms with van der Waals surface area (Å²) in [4.78, 5) is 0. The summed E-state index contributed by atoms with van der Waals surface area (Å²) in [6.07, 6.45) is 2.73. The Hall–Kier alpha value is -1.65. The number of nitrogens with one attached hydrogen (secondary N) is 1. The highest BCUT2D eigenvalue weighted by molar-refractivity contribution is 5.25. The van der Waals surface area contributed by atoms with Gasteiger partial charge in [-0.05, 0) is 18.6 Å². The molecule has 3 N–H and O–H groups in total. The van der Waals surface area contributed by atoms with Crippen molar-refractivity contribution >= 4 is 0 Å². The first-order chi connectivity index (χ1) is 8.19. The molecule has 0 bridgehead atoms. The zero-order valence-electron chi connectivity index (χ0n) is 10.2. The van der Waals surface area contributed by atoms with Crippen LogP contribution in [0.4, 0.5) is 0 Å². The van der Waals surface area contributed by atoms with Gasteiger partial charge in [-0.2, -0.15) is 5.10 Å². The second-order valence-corrected chi connectivity index (χ2v) is 4.31. The third kappa shape index (κ3) is 2.93. The Bertz CT molecular complexity index is 472. The Balaban J connectivity index is 2.13. The molecule has 17 heavy (non-hydrogen) atoms. The number of rotatable bonds is 4. The zero-order chi connectivity index (χ0) is 12.3. The van der Waals surface area contributed by atoms with Gasteiger partial charge >= 0.3 is 0 Å². The van der Waals surface area contributed by atoms with Crippen molar-refractivity contribution in [1.29, 1.82) is 0 Å². The number of hydrogen-bond donors (Lipinski definition) is 2. The van der Waals surface area contributed by atoms with Gasteiger partial charge in [0.1, 0.15) is 0 Å². The van der Waals surface area contributed by atoms with Crippen LogP contribution in [-0.2, 0) is 13.5 Å². The van der Waals surface area contributed by atoms with Gasteiger partial charge in [0, 0.05) is 19.7 Å². The molecule has 0 saturated heterocycles. The highest BCUT2D eigenvalue weighted by Crippen LogP contribution is 2.17.